The predicted molar refractivity (Wildman–Crippen MR) is 104 cm³/mol. The summed E-state index contributed by atoms with van der Waals surface area (Å²) in [4.78, 5) is 30.4. The Labute approximate surface area is 163 Å². The van der Waals surface area contributed by atoms with Crippen LogP contribution in [0.25, 0.3) is 10.6 Å². The summed E-state index contributed by atoms with van der Waals surface area (Å²) in [5.41, 5.74) is 2.65. The van der Waals surface area contributed by atoms with Gasteiger partial charge in [0.05, 0.1) is 12.8 Å². The van der Waals surface area contributed by atoms with Crippen LogP contribution < -0.4 is 0 Å². The van der Waals surface area contributed by atoms with E-state index in [-0.39, 0.29) is 17.7 Å². The Morgan fingerprint density at radius 1 is 1.30 bits per heavy atom. The van der Waals surface area contributed by atoms with Crippen LogP contribution in [0.15, 0.2) is 29.7 Å². The average molecular weight is 388 g/mol. The van der Waals surface area contributed by atoms with E-state index < -0.39 is 0 Å². The molecule has 1 unspecified atom stereocenters. The quantitative estimate of drug-likeness (QED) is 0.689. The molecule has 0 saturated carbocycles. The molecule has 2 aromatic rings. The molecule has 0 aliphatic heterocycles. The monoisotopic (exact) mass is 387 g/mol. The van der Waals surface area contributed by atoms with Crippen LogP contribution in [-0.2, 0) is 20.7 Å². The van der Waals surface area contributed by atoms with E-state index in [1.807, 2.05) is 19.3 Å². The second-order valence-electron chi connectivity index (χ2n) is 6.88. The van der Waals surface area contributed by atoms with Gasteiger partial charge in [0.1, 0.15) is 10.8 Å². The number of carbonyl (C=O) groups excluding carboxylic acids is 2. The molecule has 2 aromatic heterocycles. The Kier molecular flexibility index (Phi) is 6.55. The number of ketones is 1. The SMILES string of the molecule is CCOC(=O)C1=C(CC(=O)C(C)Cc2cnc(-c3cn[nH]c3)s2)CCCC1. The number of nitrogens with zero attached hydrogens (tertiary/aromatic N) is 2. The van der Waals surface area contributed by atoms with Crippen molar-refractivity contribution in [2.45, 2.75) is 52.4 Å². The molecule has 2 heterocycles. The molecule has 0 saturated heterocycles. The molecule has 7 heteroatoms. The van der Waals surface area contributed by atoms with Gasteiger partial charge in [-0.15, -0.1) is 11.3 Å². The van der Waals surface area contributed by atoms with E-state index in [0.29, 0.717) is 19.4 Å². The zero-order valence-corrected chi connectivity index (χ0v) is 16.6. The Morgan fingerprint density at radius 3 is 2.85 bits per heavy atom. The number of allylic oxidation sites excluding steroid dienone is 1. The summed E-state index contributed by atoms with van der Waals surface area (Å²) >= 11 is 1.58. The molecule has 0 fully saturated rings. The maximum Gasteiger partial charge on any atom is 0.333 e. The zero-order chi connectivity index (χ0) is 19.2. The third-order valence-corrected chi connectivity index (χ3v) is 5.92. The minimum absolute atomic E-state index is 0.111. The zero-order valence-electron chi connectivity index (χ0n) is 15.8. The molecular formula is C20H25N3O3S. The smallest absolute Gasteiger partial charge is 0.333 e. The fourth-order valence-corrected chi connectivity index (χ4v) is 4.35. The van der Waals surface area contributed by atoms with E-state index in [0.717, 1.165) is 52.3 Å². The molecule has 1 aliphatic carbocycles. The largest absolute Gasteiger partial charge is 0.463 e. The highest BCUT2D eigenvalue weighted by Gasteiger charge is 2.24. The van der Waals surface area contributed by atoms with Crippen molar-refractivity contribution in [1.82, 2.24) is 15.2 Å². The number of thiazole rings is 1. The highest BCUT2D eigenvalue weighted by atomic mass is 32.1. The van der Waals surface area contributed by atoms with Gasteiger partial charge in [0.2, 0.25) is 0 Å². The normalized spacial score (nSPS) is 15.6. The fourth-order valence-electron chi connectivity index (χ4n) is 3.33. The van der Waals surface area contributed by atoms with E-state index in [1.165, 1.54) is 0 Å². The molecule has 0 spiro atoms. The number of H-pyrrole nitrogens is 1. The minimum Gasteiger partial charge on any atom is -0.463 e. The summed E-state index contributed by atoms with van der Waals surface area (Å²) in [6.07, 6.45) is 9.95. The number of carbonyl (C=O) groups is 2. The van der Waals surface area contributed by atoms with Gasteiger partial charge >= 0.3 is 5.97 Å². The number of ether oxygens (including phenoxy) is 1. The van der Waals surface area contributed by atoms with Crippen LogP contribution in [0.2, 0.25) is 0 Å². The number of hydrogen-bond donors (Lipinski definition) is 1. The summed E-state index contributed by atoms with van der Waals surface area (Å²) in [6, 6.07) is 0. The maximum atomic E-state index is 12.8. The van der Waals surface area contributed by atoms with Crippen molar-refractivity contribution in [2.24, 2.45) is 5.92 Å². The molecule has 144 valence electrons. The molecule has 0 amide bonds. The van der Waals surface area contributed by atoms with Crippen molar-refractivity contribution >= 4 is 23.1 Å². The van der Waals surface area contributed by atoms with E-state index >= 15 is 0 Å². The molecule has 6 nitrogen and oxygen atoms in total. The van der Waals surface area contributed by atoms with Crippen LogP contribution in [-0.4, -0.2) is 33.5 Å². The van der Waals surface area contributed by atoms with Crippen LogP contribution in [0.5, 0.6) is 0 Å². The number of rotatable bonds is 8. The lowest BCUT2D eigenvalue weighted by Gasteiger charge is -2.20. The number of esters is 1. The van der Waals surface area contributed by atoms with Crippen molar-refractivity contribution in [2.75, 3.05) is 6.61 Å². The molecule has 27 heavy (non-hydrogen) atoms. The number of nitrogens with one attached hydrogen (secondary N) is 1. The van der Waals surface area contributed by atoms with Gasteiger partial charge in [-0.3, -0.25) is 9.89 Å². The van der Waals surface area contributed by atoms with Gasteiger partial charge < -0.3 is 4.74 Å². The Balaban J connectivity index is 1.64. The van der Waals surface area contributed by atoms with Gasteiger partial charge in [-0.2, -0.15) is 5.10 Å². The number of aromatic amines is 1. The predicted octanol–water partition coefficient (Wildman–Crippen LogP) is 4.10. The molecule has 1 atom stereocenters. The van der Waals surface area contributed by atoms with Gasteiger partial charge in [0.25, 0.3) is 0 Å². The van der Waals surface area contributed by atoms with Crippen molar-refractivity contribution in [3.05, 3.63) is 34.6 Å². The Morgan fingerprint density at radius 2 is 2.11 bits per heavy atom. The molecule has 0 radical (unpaired) electrons. The van der Waals surface area contributed by atoms with Gasteiger partial charge in [0.15, 0.2) is 0 Å². The summed E-state index contributed by atoms with van der Waals surface area (Å²) < 4.78 is 5.17. The molecular weight excluding hydrogens is 362 g/mol. The van der Waals surface area contributed by atoms with Crippen LogP contribution in [0.3, 0.4) is 0 Å². The van der Waals surface area contributed by atoms with Crippen molar-refractivity contribution in [1.29, 1.82) is 0 Å². The van der Waals surface area contributed by atoms with Gasteiger partial charge in [-0.05, 0) is 39.0 Å². The first-order valence-corrected chi connectivity index (χ1v) is 10.2. The molecule has 1 aliphatic rings. The van der Waals surface area contributed by atoms with E-state index in [9.17, 15) is 9.59 Å². The minimum atomic E-state index is -0.250. The lowest BCUT2D eigenvalue weighted by molar-refractivity contribution is -0.138. The maximum absolute atomic E-state index is 12.8. The van der Waals surface area contributed by atoms with E-state index in [4.69, 9.17) is 4.74 Å². The first-order valence-electron chi connectivity index (χ1n) is 9.43. The highest BCUT2D eigenvalue weighted by Crippen LogP contribution is 2.30. The lowest BCUT2D eigenvalue weighted by Crippen LogP contribution is -2.18. The fraction of sp³-hybridized carbons (Fsp3) is 0.500. The summed E-state index contributed by atoms with van der Waals surface area (Å²) in [5, 5.41) is 7.63. The van der Waals surface area contributed by atoms with Gasteiger partial charge in [-0.1, -0.05) is 12.5 Å². The first kappa shape index (κ1) is 19.5. The van der Waals surface area contributed by atoms with Crippen LogP contribution in [0.1, 0.15) is 50.8 Å². The second-order valence-corrected chi connectivity index (χ2v) is 7.99. The lowest BCUT2D eigenvalue weighted by atomic mass is 9.86. The van der Waals surface area contributed by atoms with Gasteiger partial charge in [0, 0.05) is 40.7 Å². The summed E-state index contributed by atoms with van der Waals surface area (Å²) in [5.74, 6) is -0.188. The van der Waals surface area contributed by atoms with Crippen molar-refractivity contribution in [3.8, 4) is 10.6 Å². The first-order chi connectivity index (χ1) is 13.1. The van der Waals surface area contributed by atoms with Crippen LogP contribution in [0.4, 0.5) is 0 Å². The van der Waals surface area contributed by atoms with Gasteiger partial charge in [-0.25, -0.2) is 9.78 Å². The van der Waals surface area contributed by atoms with Crippen LogP contribution in [0, 0.1) is 5.92 Å². The average Bonchev–Trinajstić information content (AvgIpc) is 3.33. The Bertz CT molecular complexity index is 823. The number of Topliss-reactive ketones (excluding diaryl/α,β-unsaturated/α-hetero) is 1. The van der Waals surface area contributed by atoms with Crippen molar-refractivity contribution < 1.29 is 14.3 Å². The van der Waals surface area contributed by atoms with E-state index in [1.54, 1.807) is 24.5 Å². The third kappa shape index (κ3) is 4.91. The topological polar surface area (TPSA) is 84.9 Å². The second kappa shape index (κ2) is 9.08. The molecule has 0 bridgehead atoms. The van der Waals surface area contributed by atoms with Crippen LogP contribution >= 0.6 is 11.3 Å². The van der Waals surface area contributed by atoms with Crippen molar-refractivity contribution in [3.63, 3.8) is 0 Å². The standard InChI is InChI=1S/C20H25N3O3S/c1-3-26-20(25)17-7-5-4-6-14(17)9-18(24)13(2)8-16-12-21-19(27-16)15-10-22-23-11-15/h10-13H,3-9H2,1-2H3,(H,22,23). The van der Waals surface area contributed by atoms with E-state index in [2.05, 4.69) is 15.2 Å². The third-order valence-electron chi connectivity index (χ3n) is 4.85. The molecule has 1 N–H and O–H groups in total. The number of aromatic nitrogens is 3. The highest BCUT2D eigenvalue weighted by molar-refractivity contribution is 7.15. The summed E-state index contributed by atoms with van der Waals surface area (Å²) in [7, 11) is 0. The Hall–Kier alpha value is -2.28. The number of hydrogen-bond acceptors (Lipinski definition) is 6. The summed E-state index contributed by atoms with van der Waals surface area (Å²) in [6.45, 7) is 4.12. The molecule has 3 rings (SSSR count). The molecule has 0 aromatic carbocycles.